The third-order valence-electron chi connectivity index (χ3n) is 5.11. The van der Waals surface area contributed by atoms with Crippen LogP contribution in [0.2, 0.25) is 0 Å². The van der Waals surface area contributed by atoms with Crippen LogP contribution in [0, 0.1) is 5.92 Å². The number of likely N-dealkylation sites (tertiary alicyclic amines) is 1. The Hall–Kier alpha value is -2.41. The van der Waals surface area contributed by atoms with E-state index in [0.717, 1.165) is 24.3 Å². The van der Waals surface area contributed by atoms with Gasteiger partial charge in [-0.15, -0.1) is 0 Å². The molecule has 2 atom stereocenters. The molecule has 1 unspecified atom stereocenters. The summed E-state index contributed by atoms with van der Waals surface area (Å²) in [6, 6.07) is 6.98. The minimum absolute atomic E-state index is 0.00866. The molecule has 0 aliphatic carbocycles. The number of hydrogen-bond acceptors (Lipinski definition) is 4. The molecule has 7 heteroatoms. The lowest BCUT2D eigenvalue weighted by Gasteiger charge is -2.28. The van der Waals surface area contributed by atoms with Gasteiger partial charge in [0.25, 0.3) is 11.8 Å². The van der Waals surface area contributed by atoms with Crippen LogP contribution in [0.25, 0.3) is 0 Å². The van der Waals surface area contributed by atoms with Crippen LogP contribution in [0.5, 0.6) is 0 Å². The predicted octanol–water partition coefficient (Wildman–Crippen LogP) is 0.965. The Morgan fingerprint density at radius 2 is 1.82 bits per heavy atom. The predicted molar refractivity (Wildman–Crippen MR) is 107 cm³/mol. The van der Waals surface area contributed by atoms with Crippen LogP contribution >= 0.6 is 0 Å². The van der Waals surface area contributed by atoms with Crippen molar-refractivity contribution in [2.45, 2.75) is 33.6 Å². The average molecular weight is 391 g/mol. The van der Waals surface area contributed by atoms with E-state index in [1.165, 1.54) is 0 Å². The third-order valence-corrected chi connectivity index (χ3v) is 5.11. The first-order valence-electron chi connectivity index (χ1n) is 10.2. The number of carbonyl (C=O) groups excluding carboxylic acids is 3. The molecule has 1 aromatic rings. The number of amides is 2. The van der Waals surface area contributed by atoms with E-state index in [0.29, 0.717) is 44.0 Å². The quantitative estimate of drug-likeness (QED) is 0.648. The van der Waals surface area contributed by atoms with Crippen LogP contribution in [-0.4, -0.2) is 62.0 Å². The molecule has 1 saturated heterocycles. The molecule has 7 nitrogen and oxygen atoms in total. The maximum atomic E-state index is 12.4. The average Bonchev–Trinajstić information content (AvgIpc) is 2.69. The summed E-state index contributed by atoms with van der Waals surface area (Å²) in [6.07, 6.45) is 1.74. The highest BCUT2D eigenvalue weighted by Crippen LogP contribution is 2.12. The summed E-state index contributed by atoms with van der Waals surface area (Å²) in [5.74, 6) is -0.386. The van der Waals surface area contributed by atoms with Gasteiger partial charge in [-0.2, -0.15) is 0 Å². The molecule has 0 radical (unpaired) electrons. The molecule has 1 fully saturated rings. The van der Waals surface area contributed by atoms with Crippen molar-refractivity contribution in [2.75, 3.05) is 44.6 Å². The summed E-state index contributed by atoms with van der Waals surface area (Å²) in [5.41, 5.74) is 1.28. The molecule has 0 aromatic heterocycles. The molecule has 1 heterocycles. The number of carbonyl (C=O) groups is 3. The minimum Gasteiger partial charge on any atom is -0.466 e. The van der Waals surface area contributed by atoms with Crippen molar-refractivity contribution in [3.8, 4) is 0 Å². The second kappa shape index (κ2) is 10.8. The Morgan fingerprint density at radius 1 is 1.14 bits per heavy atom. The molecule has 1 aromatic carbocycles. The largest absolute Gasteiger partial charge is 0.466 e. The van der Waals surface area contributed by atoms with Gasteiger partial charge >= 0.3 is 5.97 Å². The number of esters is 1. The van der Waals surface area contributed by atoms with Crippen molar-refractivity contribution >= 4 is 23.5 Å². The summed E-state index contributed by atoms with van der Waals surface area (Å²) < 4.78 is 5.11. The van der Waals surface area contributed by atoms with Gasteiger partial charge < -0.3 is 19.9 Å². The van der Waals surface area contributed by atoms with E-state index in [-0.39, 0.29) is 23.7 Å². The van der Waals surface area contributed by atoms with Crippen molar-refractivity contribution in [2.24, 2.45) is 5.92 Å². The normalized spacial score (nSPS) is 19.0. The summed E-state index contributed by atoms with van der Waals surface area (Å²) in [6.45, 7) is 9.24. The second-order valence-electron chi connectivity index (χ2n) is 7.08. The lowest BCUT2D eigenvalue weighted by Crippen LogP contribution is -3.14. The van der Waals surface area contributed by atoms with Crippen LogP contribution in [0.3, 0.4) is 0 Å². The smallest absolute Gasteiger partial charge is 0.314 e. The molecule has 1 aliphatic heterocycles. The molecular formula is C21H32N3O4+. The van der Waals surface area contributed by atoms with Crippen molar-refractivity contribution in [1.82, 2.24) is 4.90 Å². The van der Waals surface area contributed by atoms with Gasteiger partial charge in [-0.05, 0) is 57.9 Å². The molecule has 28 heavy (non-hydrogen) atoms. The van der Waals surface area contributed by atoms with Gasteiger partial charge in [-0.1, -0.05) is 0 Å². The molecule has 2 rings (SSSR count). The lowest BCUT2D eigenvalue weighted by molar-refractivity contribution is -0.899. The molecule has 2 amide bonds. The van der Waals surface area contributed by atoms with Gasteiger partial charge in [-0.3, -0.25) is 14.4 Å². The van der Waals surface area contributed by atoms with Crippen LogP contribution in [0.1, 0.15) is 44.0 Å². The molecule has 2 N–H and O–H groups in total. The van der Waals surface area contributed by atoms with E-state index in [1.54, 1.807) is 36.1 Å². The van der Waals surface area contributed by atoms with E-state index in [9.17, 15) is 14.4 Å². The van der Waals surface area contributed by atoms with E-state index in [1.807, 2.05) is 13.8 Å². The molecule has 1 aliphatic rings. The fourth-order valence-electron chi connectivity index (χ4n) is 3.59. The molecule has 0 saturated carbocycles. The SMILES string of the molecule is CCOC(=O)[C@H]1CCC[NH+](CC(=O)Nc2ccc(C(=O)N(CC)CC)cc2)C1. The Kier molecular flexibility index (Phi) is 8.44. The van der Waals surface area contributed by atoms with Gasteiger partial charge in [0.1, 0.15) is 5.92 Å². The van der Waals surface area contributed by atoms with Crippen LogP contribution < -0.4 is 10.2 Å². The highest BCUT2D eigenvalue weighted by molar-refractivity contribution is 5.96. The lowest BCUT2D eigenvalue weighted by atomic mass is 9.98. The Balaban J connectivity index is 1.87. The highest BCUT2D eigenvalue weighted by Gasteiger charge is 2.30. The maximum absolute atomic E-state index is 12.4. The molecule has 0 spiro atoms. The third kappa shape index (κ3) is 6.05. The van der Waals surface area contributed by atoms with Crippen LogP contribution in [0.4, 0.5) is 5.69 Å². The van der Waals surface area contributed by atoms with Gasteiger partial charge in [0, 0.05) is 24.3 Å². The number of quaternary nitrogens is 1. The number of nitrogens with one attached hydrogen (secondary N) is 2. The topological polar surface area (TPSA) is 80.1 Å². The van der Waals surface area contributed by atoms with Gasteiger partial charge in [0.2, 0.25) is 0 Å². The van der Waals surface area contributed by atoms with E-state index < -0.39 is 0 Å². The standard InChI is InChI=1S/C21H31N3O4/c1-4-24(5-2)20(26)16-9-11-18(12-10-16)22-19(25)15-23-13-7-8-17(14-23)21(27)28-6-3/h9-12,17H,4-8,13-15H2,1-3H3,(H,22,25)/p+1/t17-/m0/s1. The fourth-order valence-corrected chi connectivity index (χ4v) is 3.59. The van der Waals surface area contributed by atoms with Gasteiger partial charge in [0.15, 0.2) is 6.54 Å². The van der Waals surface area contributed by atoms with Crippen molar-refractivity contribution in [3.63, 3.8) is 0 Å². The number of hydrogen-bond donors (Lipinski definition) is 2. The number of piperidine rings is 1. The Bertz CT molecular complexity index is 671. The van der Waals surface area contributed by atoms with Crippen LogP contribution in [-0.2, 0) is 14.3 Å². The van der Waals surface area contributed by atoms with E-state index in [4.69, 9.17) is 4.74 Å². The van der Waals surface area contributed by atoms with Crippen molar-refractivity contribution in [1.29, 1.82) is 0 Å². The van der Waals surface area contributed by atoms with E-state index in [2.05, 4.69) is 5.32 Å². The first-order valence-corrected chi connectivity index (χ1v) is 10.2. The zero-order chi connectivity index (χ0) is 20.5. The molecule has 0 bridgehead atoms. The number of ether oxygens (including phenoxy) is 1. The summed E-state index contributed by atoms with van der Waals surface area (Å²) in [5, 5.41) is 2.88. The van der Waals surface area contributed by atoms with Crippen LogP contribution in [0.15, 0.2) is 24.3 Å². The number of nitrogens with zero attached hydrogens (tertiary/aromatic N) is 1. The zero-order valence-corrected chi connectivity index (χ0v) is 17.1. The number of rotatable bonds is 8. The second-order valence-corrected chi connectivity index (χ2v) is 7.08. The van der Waals surface area contributed by atoms with Crippen molar-refractivity contribution < 1.29 is 24.0 Å². The molecular weight excluding hydrogens is 358 g/mol. The monoisotopic (exact) mass is 390 g/mol. The Labute approximate surface area is 167 Å². The fraction of sp³-hybridized carbons (Fsp3) is 0.571. The van der Waals surface area contributed by atoms with Crippen molar-refractivity contribution in [3.05, 3.63) is 29.8 Å². The zero-order valence-electron chi connectivity index (χ0n) is 17.1. The minimum atomic E-state index is -0.159. The molecule has 154 valence electrons. The maximum Gasteiger partial charge on any atom is 0.314 e. The highest BCUT2D eigenvalue weighted by atomic mass is 16.5. The van der Waals surface area contributed by atoms with E-state index >= 15 is 0 Å². The summed E-state index contributed by atoms with van der Waals surface area (Å²) in [4.78, 5) is 39.5. The first-order chi connectivity index (χ1) is 13.5. The Morgan fingerprint density at radius 3 is 2.43 bits per heavy atom. The summed E-state index contributed by atoms with van der Waals surface area (Å²) >= 11 is 0. The number of anilines is 1. The van der Waals surface area contributed by atoms with Gasteiger partial charge in [0.05, 0.1) is 19.7 Å². The summed E-state index contributed by atoms with van der Waals surface area (Å²) in [7, 11) is 0. The van der Waals surface area contributed by atoms with Gasteiger partial charge in [-0.25, -0.2) is 0 Å². The number of benzene rings is 1. The first kappa shape index (κ1) is 21.9.